The van der Waals surface area contributed by atoms with Gasteiger partial charge < -0.3 is 14.9 Å². The standard InChI is InChI=1S/C16H25BrN2O/c1-4-13-11-18(3)8-5-9-19(13)14-6-7-15(12(2)20)16(17)10-14/h6-7,10,12-13,20H,4-5,8-9,11H2,1-3H3/t12-,13?/m0/s1. The number of benzene rings is 1. The van der Waals surface area contributed by atoms with Gasteiger partial charge in [-0.05, 0) is 51.1 Å². The molecule has 2 atom stereocenters. The molecule has 2 rings (SSSR count). The molecule has 0 aromatic heterocycles. The largest absolute Gasteiger partial charge is 0.389 e. The first-order valence-electron chi connectivity index (χ1n) is 7.45. The van der Waals surface area contributed by atoms with Gasteiger partial charge in [0.2, 0.25) is 0 Å². The monoisotopic (exact) mass is 340 g/mol. The average molecular weight is 341 g/mol. The minimum atomic E-state index is -0.435. The fraction of sp³-hybridized carbons (Fsp3) is 0.625. The zero-order valence-electron chi connectivity index (χ0n) is 12.6. The van der Waals surface area contributed by atoms with E-state index >= 15 is 0 Å². The Balaban J connectivity index is 2.26. The first-order chi connectivity index (χ1) is 9.52. The highest BCUT2D eigenvalue weighted by molar-refractivity contribution is 9.10. The second-order valence-electron chi connectivity index (χ2n) is 5.75. The lowest BCUT2D eigenvalue weighted by Gasteiger charge is -2.32. The molecule has 0 radical (unpaired) electrons. The lowest BCUT2D eigenvalue weighted by molar-refractivity contribution is 0.198. The number of likely N-dealkylation sites (N-methyl/N-ethyl adjacent to an activating group) is 1. The SMILES string of the molecule is CCC1CN(C)CCCN1c1ccc([C@H](C)O)c(Br)c1. The average Bonchev–Trinajstić information content (AvgIpc) is 2.59. The Morgan fingerprint density at radius 2 is 2.15 bits per heavy atom. The lowest BCUT2D eigenvalue weighted by atomic mass is 10.1. The van der Waals surface area contributed by atoms with E-state index in [9.17, 15) is 5.11 Å². The van der Waals surface area contributed by atoms with Crippen LogP contribution in [0.2, 0.25) is 0 Å². The summed E-state index contributed by atoms with van der Waals surface area (Å²) in [6.45, 7) is 7.45. The van der Waals surface area contributed by atoms with Crippen molar-refractivity contribution in [3.05, 3.63) is 28.2 Å². The molecule has 1 aliphatic heterocycles. The second kappa shape index (κ2) is 6.92. The zero-order chi connectivity index (χ0) is 14.7. The lowest BCUT2D eigenvalue weighted by Crippen LogP contribution is -2.39. The molecule has 20 heavy (non-hydrogen) atoms. The summed E-state index contributed by atoms with van der Waals surface area (Å²) in [5.41, 5.74) is 2.21. The van der Waals surface area contributed by atoms with Crippen LogP contribution in [0.4, 0.5) is 5.69 Å². The number of aliphatic hydroxyl groups is 1. The van der Waals surface area contributed by atoms with E-state index in [-0.39, 0.29) is 0 Å². The van der Waals surface area contributed by atoms with E-state index in [1.165, 1.54) is 18.7 Å². The highest BCUT2D eigenvalue weighted by Crippen LogP contribution is 2.30. The van der Waals surface area contributed by atoms with Crippen molar-refractivity contribution in [2.45, 2.75) is 38.8 Å². The van der Waals surface area contributed by atoms with E-state index in [2.05, 4.69) is 51.8 Å². The number of nitrogens with zero attached hydrogens (tertiary/aromatic N) is 2. The van der Waals surface area contributed by atoms with E-state index in [4.69, 9.17) is 0 Å². The van der Waals surface area contributed by atoms with Crippen molar-refractivity contribution < 1.29 is 5.11 Å². The van der Waals surface area contributed by atoms with Crippen LogP contribution in [0.1, 0.15) is 38.4 Å². The third-order valence-electron chi connectivity index (χ3n) is 4.14. The molecule has 1 fully saturated rings. The van der Waals surface area contributed by atoms with E-state index < -0.39 is 6.10 Å². The smallest absolute Gasteiger partial charge is 0.0772 e. The molecule has 0 spiro atoms. The third-order valence-corrected chi connectivity index (χ3v) is 4.83. The fourth-order valence-electron chi connectivity index (χ4n) is 2.97. The molecular formula is C16H25BrN2O. The Hall–Kier alpha value is -0.580. The molecule has 0 saturated carbocycles. The van der Waals surface area contributed by atoms with Gasteiger partial charge in [-0.1, -0.05) is 28.9 Å². The van der Waals surface area contributed by atoms with Crippen molar-refractivity contribution in [1.29, 1.82) is 0 Å². The highest BCUT2D eigenvalue weighted by Gasteiger charge is 2.22. The predicted octanol–water partition coefficient (Wildman–Crippen LogP) is 3.42. The molecular weight excluding hydrogens is 316 g/mol. The van der Waals surface area contributed by atoms with Crippen molar-refractivity contribution in [3.63, 3.8) is 0 Å². The first-order valence-corrected chi connectivity index (χ1v) is 8.25. The van der Waals surface area contributed by atoms with E-state index in [1.807, 2.05) is 6.07 Å². The van der Waals surface area contributed by atoms with Crippen LogP contribution >= 0.6 is 15.9 Å². The van der Waals surface area contributed by atoms with Crippen LogP contribution in [0.5, 0.6) is 0 Å². The summed E-state index contributed by atoms with van der Waals surface area (Å²) < 4.78 is 0.998. The minimum Gasteiger partial charge on any atom is -0.389 e. The molecule has 1 heterocycles. The van der Waals surface area contributed by atoms with E-state index in [1.54, 1.807) is 6.92 Å². The Kier molecular flexibility index (Phi) is 5.47. The van der Waals surface area contributed by atoms with Crippen molar-refractivity contribution >= 4 is 21.6 Å². The van der Waals surface area contributed by atoms with Gasteiger partial charge in [-0.2, -0.15) is 0 Å². The molecule has 1 N–H and O–H groups in total. The maximum Gasteiger partial charge on any atom is 0.0772 e. The molecule has 3 nitrogen and oxygen atoms in total. The van der Waals surface area contributed by atoms with Crippen LogP contribution < -0.4 is 4.90 Å². The molecule has 1 unspecified atom stereocenters. The van der Waals surface area contributed by atoms with Crippen molar-refractivity contribution in [3.8, 4) is 0 Å². The molecule has 0 amide bonds. The van der Waals surface area contributed by atoms with Crippen LogP contribution in [0.25, 0.3) is 0 Å². The molecule has 0 bridgehead atoms. The van der Waals surface area contributed by atoms with Crippen LogP contribution in [0, 0.1) is 0 Å². The minimum absolute atomic E-state index is 0.435. The Morgan fingerprint density at radius 1 is 1.40 bits per heavy atom. The van der Waals surface area contributed by atoms with Gasteiger partial charge in [-0.3, -0.25) is 0 Å². The van der Waals surface area contributed by atoms with Gasteiger partial charge in [0.25, 0.3) is 0 Å². The van der Waals surface area contributed by atoms with Crippen molar-refractivity contribution in [2.24, 2.45) is 0 Å². The second-order valence-corrected chi connectivity index (χ2v) is 6.61. The van der Waals surface area contributed by atoms with Gasteiger partial charge in [0.1, 0.15) is 0 Å². The van der Waals surface area contributed by atoms with Gasteiger partial charge in [0.15, 0.2) is 0 Å². The fourth-order valence-corrected chi connectivity index (χ4v) is 3.66. The number of aliphatic hydroxyl groups excluding tert-OH is 1. The Morgan fingerprint density at radius 3 is 2.75 bits per heavy atom. The number of hydrogen-bond acceptors (Lipinski definition) is 3. The predicted molar refractivity (Wildman–Crippen MR) is 88.3 cm³/mol. The molecule has 4 heteroatoms. The van der Waals surface area contributed by atoms with Crippen molar-refractivity contribution in [2.75, 3.05) is 31.6 Å². The number of rotatable bonds is 3. The maximum atomic E-state index is 9.73. The first kappa shape index (κ1) is 15.8. The normalized spacial score (nSPS) is 22.6. The summed E-state index contributed by atoms with van der Waals surface area (Å²) in [5, 5.41) is 9.73. The zero-order valence-corrected chi connectivity index (χ0v) is 14.2. The topological polar surface area (TPSA) is 26.7 Å². The Bertz CT molecular complexity index is 450. The van der Waals surface area contributed by atoms with E-state index in [0.29, 0.717) is 6.04 Å². The number of anilines is 1. The summed E-state index contributed by atoms with van der Waals surface area (Å²) in [4.78, 5) is 4.94. The summed E-state index contributed by atoms with van der Waals surface area (Å²) in [7, 11) is 2.21. The van der Waals surface area contributed by atoms with Gasteiger partial charge in [-0.15, -0.1) is 0 Å². The highest BCUT2D eigenvalue weighted by atomic mass is 79.9. The molecule has 1 aliphatic rings. The molecule has 1 aromatic rings. The van der Waals surface area contributed by atoms with E-state index in [0.717, 1.165) is 29.5 Å². The van der Waals surface area contributed by atoms with Crippen molar-refractivity contribution in [1.82, 2.24) is 4.90 Å². The molecule has 112 valence electrons. The van der Waals surface area contributed by atoms with Gasteiger partial charge in [0.05, 0.1) is 6.10 Å². The summed E-state index contributed by atoms with van der Waals surface area (Å²) in [6, 6.07) is 6.88. The summed E-state index contributed by atoms with van der Waals surface area (Å²) in [5.74, 6) is 0. The third kappa shape index (κ3) is 3.54. The molecule has 1 aromatic carbocycles. The molecule has 0 aliphatic carbocycles. The molecule has 1 saturated heterocycles. The maximum absolute atomic E-state index is 9.73. The van der Waals surface area contributed by atoms with Gasteiger partial charge >= 0.3 is 0 Å². The summed E-state index contributed by atoms with van der Waals surface area (Å²) in [6.07, 6.45) is 1.92. The van der Waals surface area contributed by atoms with Gasteiger partial charge in [0, 0.05) is 29.3 Å². The summed E-state index contributed by atoms with van der Waals surface area (Å²) >= 11 is 3.59. The van der Waals surface area contributed by atoms with Crippen LogP contribution in [-0.4, -0.2) is 42.7 Å². The van der Waals surface area contributed by atoms with Crippen LogP contribution in [-0.2, 0) is 0 Å². The number of halogens is 1. The quantitative estimate of drug-likeness (QED) is 0.913. The van der Waals surface area contributed by atoms with Crippen LogP contribution in [0.15, 0.2) is 22.7 Å². The van der Waals surface area contributed by atoms with Crippen LogP contribution in [0.3, 0.4) is 0 Å². The Labute approximate surface area is 130 Å². The van der Waals surface area contributed by atoms with Gasteiger partial charge in [-0.25, -0.2) is 0 Å². The number of hydrogen-bond donors (Lipinski definition) is 1.